The van der Waals surface area contributed by atoms with Crippen molar-refractivity contribution in [2.45, 2.75) is 43.9 Å². The molecule has 3 rings (SSSR count). The minimum absolute atomic E-state index is 0.0666. The van der Waals surface area contributed by atoms with Crippen molar-refractivity contribution in [3.05, 3.63) is 29.8 Å². The third-order valence-corrected chi connectivity index (χ3v) is 5.32. The van der Waals surface area contributed by atoms with Gasteiger partial charge in [0.05, 0.1) is 10.3 Å². The van der Waals surface area contributed by atoms with Crippen molar-refractivity contribution in [1.29, 1.82) is 0 Å². The summed E-state index contributed by atoms with van der Waals surface area (Å²) in [6.45, 7) is 2.64. The number of hydrogen-bond donors (Lipinski definition) is 2. The van der Waals surface area contributed by atoms with E-state index in [4.69, 9.17) is 4.55 Å². The van der Waals surface area contributed by atoms with Crippen LogP contribution in [0.5, 0.6) is 0 Å². The molecule has 1 aromatic carbocycles. The van der Waals surface area contributed by atoms with E-state index in [-0.39, 0.29) is 16.2 Å². The van der Waals surface area contributed by atoms with E-state index >= 15 is 0 Å². The second-order valence-electron chi connectivity index (χ2n) is 6.11. The first-order chi connectivity index (χ1) is 10.7. The van der Waals surface area contributed by atoms with Gasteiger partial charge >= 0.3 is 0 Å². The lowest BCUT2D eigenvalue weighted by molar-refractivity contribution is -0.132. The Balaban J connectivity index is 0.000000168. The van der Waals surface area contributed by atoms with E-state index in [1.807, 2.05) is 6.92 Å². The zero-order valence-corrected chi connectivity index (χ0v) is 13.9. The van der Waals surface area contributed by atoms with Gasteiger partial charge in [-0.3, -0.25) is 14.1 Å². The van der Waals surface area contributed by atoms with Crippen LogP contribution in [0.3, 0.4) is 0 Å². The molecular formula is C16H21NO5S. The molecule has 1 heterocycles. The topological polar surface area (TPSA) is 101 Å². The molecule has 2 aliphatic rings. The third kappa shape index (κ3) is 4.39. The molecule has 7 heteroatoms. The number of amides is 1. The average Bonchev–Trinajstić information content (AvgIpc) is 2.84. The summed E-state index contributed by atoms with van der Waals surface area (Å²) >= 11 is 0. The summed E-state index contributed by atoms with van der Waals surface area (Å²) in [5.41, 5.74) is 0.797. The van der Waals surface area contributed by atoms with Crippen LogP contribution in [0.15, 0.2) is 29.2 Å². The number of hydrogen-bond acceptors (Lipinski definition) is 4. The molecule has 126 valence electrons. The third-order valence-electron chi connectivity index (χ3n) is 4.45. The van der Waals surface area contributed by atoms with Gasteiger partial charge in [-0.1, -0.05) is 17.7 Å². The Bertz CT molecular complexity index is 684. The average molecular weight is 339 g/mol. The molecule has 1 aliphatic heterocycles. The fourth-order valence-electron chi connectivity index (χ4n) is 2.91. The molecule has 0 unspecified atom stereocenters. The van der Waals surface area contributed by atoms with Gasteiger partial charge in [0.1, 0.15) is 5.78 Å². The van der Waals surface area contributed by atoms with Crippen LogP contribution in [0.1, 0.15) is 37.7 Å². The van der Waals surface area contributed by atoms with Crippen LogP contribution in [0.4, 0.5) is 0 Å². The standard InChI is InChI=1S/C9H13NO2.C7H8O3S/c11-7-1-3-9(4-2-7)5-6-10-8(9)12;1-6-2-4-7(5-3-6)11(8,9)10/h1-6H2,(H,10,12);2-5H,1H3,(H,8,9,10). The number of ketones is 1. The molecule has 0 bridgehead atoms. The Morgan fingerprint density at radius 1 is 1.04 bits per heavy atom. The molecule has 6 nitrogen and oxygen atoms in total. The van der Waals surface area contributed by atoms with Gasteiger partial charge in [0.2, 0.25) is 5.91 Å². The van der Waals surface area contributed by atoms with E-state index < -0.39 is 10.1 Å². The molecule has 0 radical (unpaired) electrons. The summed E-state index contributed by atoms with van der Waals surface area (Å²) in [5.74, 6) is 0.496. The van der Waals surface area contributed by atoms with Crippen molar-refractivity contribution in [2.75, 3.05) is 6.54 Å². The molecule has 1 aromatic rings. The number of carbonyl (C=O) groups is 2. The van der Waals surface area contributed by atoms with E-state index in [2.05, 4.69) is 5.32 Å². The minimum Gasteiger partial charge on any atom is -0.356 e. The molecule has 0 atom stereocenters. The van der Waals surface area contributed by atoms with E-state index in [0.29, 0.717) is 18.6 Å². The van der Waals surface area contributed by atoms with Gasteiger partial charge in [-0.15, -0.1) is 0 Å². The molecule has 23 heavy (non-hydrogen) atoms. The van der Waals surface area contributed by atoms with E-state index in [1.54, 1.807) is 12.1 Å². The number of rotatable bonds is 1. The minimum atomic E-state index is -4.02. The molecular weight excluding hydrogens is 318 g/mol. The first-order valence-corrected chi connectivity index (χ1v) is 9.01. The Morgan fingerprint density at radius 3 is 2.04 bits per heavy atom. The fourth-order valence-corrected chi connectivity index (χ4v) is 3.39. The summed E-state index contributed by atoms with van der Waals surface area (Å²) < 4.78 is 29.6. The molecule has 1 saturated heterocycles. The van der Waals surface area contributed by atoms with Crippen LogP contribution in [0.2, 0.25) is 0 Å². The lowest BCUT2D eigenvalue weighted by Crippen LogP contribution is -2.35. The summed E-state index contributed by atoms with van der Waals surface area (Å²) in [5, 5.41) is 2.84. The highest BCUT2D eigenvalue weighted by Crippen LogP contribution is 2.40. The maximum absolute atomic E-state index is 11.4. The molecule has 1 amide bonds. The molecule has 1 saturated carbocycles. The largest absolute Gasteiger partial charge is 0.356 e. The van der Waals surface area contributed by atoms with Crippen LogP contribution >= 0.6 is 0 Å². The first-order valence-electron chi connectivity index (χ1n) is 7.57. The van der Waals surface area contributed by atoms with Crippen LogP contribution in [0, 0.1) is 12.3 Å². The van der Waals surface area contributed by atoms with Gasteiger partial charge in [-0.05, 0) is 38.3 Å². The lowest BCUT2D eigenvalue weighted by Gasteiger charge is -2.29. The molecule has 2 N–H and O–H groups in total. The number of carbonyl (C=O) groups excluding carboxylic acids is 2. The number of aryl methyl sites for hydroxylation is 1. The SMILES string of the molecule is Cc1ccc(S(=O)(=O)O)cc1.O=C1CCC2(CCNC2=O)CC1. The molecule has 1 spiro atoms. The predicted molar refractivity (Wildman–Crippen MR) is 84.5 cm³/mol. The van der Waals surface area contributed by atoms with Crippen molar-refractivity contribution in [3.8, 4) is 0 Å². The monoisotopic (exact) mass is 339 g/mol. The summed E-state index contributed by atoms with van der Waals surface area (Å²) in [6.07, 6.45) is 3.69. The van der Waals surface area contributed by atoms with Crippen LogP contribution in [-0.4, -0.2) is 31.2 Å². The normalized spacial score (nSPS) is 19.9. The lowest BCUT2D eigenvalue weighted by atomic mass is 9.73. The summed E-state index contributed by atoms with van der Waals surface area (Å²) in [6, 6.07) is 5.99. The van der Waals surface area contributed by atoms with Crippen molar-refractivity contribution >= 4 is 21.8 Å². The Morgan fingerprint density at radius 2 is 1.61 bits per heavy atom. The number of nitrogens with one attached hydrogen (secondary N) is 1. The van der Waals surface area contributed by atoms with Crippen molar-refractivity contribution in [2.24, 2.45) is 5.41 Å². The molecule has 2 fully saturated rings. The zero-order chi connectivity index (χ0) is 17.1. The van der Waals surface area contributed by atoms with Crippen LogP contribution in [0.25, 0.3) is 0 Å². The van der Waals surface area contributed by atoms with Gasteiger partial charge in [0.25, 0.3) is 10.1 Å². The summed E-state index contributed by atoms with van der Waals surface area (Å²) in [4.78, 5) is 22.3. The highest BCUT2D eigenvalue weighted by molar-refractivity contribution is 7.85. The summed E-state index contributed by atoms with van der Waals surface area (Å²) in [7, 11) is -4.02. The Labute approximate surface area is 136 Å². The van der Waals surface area contributed by atoms with Crippen molar-refractivity contribution in [3.63, 3.8) is 0 Å². The van der Waals surface area contributed by atoms with Gasteiger partial charge in [-0.2, -0.15) is 8.42 Å². The highest BCUT2D eigenvalue weighted by Gasteiger charge is 2.44. The van der Waals surface area contributed by atoms with Crippen LogP contribution < -0.4 is 5.32 Å². The smallest absolute Gasteiger partial charge is 0.294 e. The molecule has 0 aromatic heterocycles. The van der Waals surface area contributed by atoms with Gasteiger partial charge < -0.3 is 5.32 Å². The van der Waals surface area contributed by atoms with E-state index in [0.717, 1.165) is 31.4 Å². The quantitative estimate of drug-likeness (QED) is 0.761. The highest BCUT2D eigenvalue weighted by atomic mass is 32.2. The van der Waals surface area contributed by atoms with Crippen molar-refractivity contribution < 1.29 is 22.6 Å². The second-order valence-corrected chi connectivity index (χ2v) is 7.53. The van der Waals surface area contributed by atoms with Gasteiger partial charge in [0, 0.05) is 19.4 Å². The van der Waals surface area contributed by atoms with Crippen LogP contribution in [-0.2, 0) is 19.7 Å². The van der Waals surface area contributed by atoms with Crippen molar-refractivity contribution in [1.82, 2.24) is 5.32 Å². The number of benzene rings is 1. The Kier molecular flexibility index (Phi) is 5.21. The Hall–Kier alpha value is -1.73. The van der Waals surface area contributed by atoms with E-state index in [1.165, 1.54) is 12.1 Å². The zero-order valence-electron chi connectivity index (χ0n) is 13.0. The van der Waals surface area contributed by atoms with E-state index in [9.17, 15) is 18.0 Å². The van der Waals surface area contributed by atoms with Gasteiger partial charge in [-0.25, -0.2) is 0 Å². The first kappa shape index (κ1) is 17.6. The predicted octanol–water partition coefficient (Wildman–Crippen LogP) is 1.88. The fraction of sp³-hybridized carbons (Fsp3) is 0.500. The maximum atomic E-state index is 11.4. The number of Topliss-reactive ketones (excluding diaryl/α,β-unsaturated/α-hetero) is 1. The maximum Gasteiger partial charge on any atom is 0.294 e. The molecule has 1 aliphatic carbocycles. The van der Waals surface area contributed by atoms with Gasteiger partial charge in [0.15, 0.2) is 0 Å². The second kappa shape index (κ2) is 6.80.